The van der Waals surface area contributed by atoms with Crippen LogP contribution in [0.15, 0.2) is 18.3 Å². The zero-order chi connectivity index (χ0) is 8.27. The molecule has 0 saturated heterocycles. The lowest BCUT2D eigenvalue weighted by Crippen LogP contribution is -2.05. The number of nitrogens with one attached hydrogen (secondary N) is 2. The van der Waals surface area contributed by atoms with Gasteiger partial charge in [-0.25, -0.2) is 4.98 Å². The van der Waals surface area contributed by atoms with E-state index in [-0.39, 0.29) is 11.7 Å². The highest BCUT2D eigenvalue weighted by atomic mass is 16.1. The molecule has 0 unspecified atom stereocenters. The maximum Gasteiger partial charge on any atom is 0.221 e. The smallest absolute Gasteiger partial charge is 0.221 e. The molecule has 1 rings (SSSR count). The molecule has 2 N–H and O–H groups in total. The number of carbonyl (C=O) groups excluding carboxylic acids is 1. The number of hydrogen-bond acceptors (Lipinski definition) is 2. The van der Waals surface area contributed by atoms with E-state index >= 15 is 0 Å². The van der Waals surface area contributed by atoms with Crippen LogP contribution in [0, 0.1) is 0 Å². The van der Waals surface area contributed by atoms with Crippen LogP contribution < -0.4 is 11.1 Å². The van der Waals surface area contributed by atoms with Crippen molar-refractivity contribution in [3.63, 3.8) is 0 Å². The van der Waals surface area contributed by atoms with Gasteiger partial charge >= 0.3 is 0 Å². The van der Waals surface area contributed by atoms with E-state index in [0.717, 1.165) is 0 Å². The van der Waals surface area contributed by atoms with Gasteiger partial charge in [0.1, 0.15) is 5.82 Å². The van der Waals surface area contributed by atoms with Crippen LogP contribution in [0.25, 0.3) is 0 Å². The summed E-state index contributed by atoms with van der Waals surface area (Å²) in [4.78, 5) is 14.2. The van der Waals surface area contributed by atoms with Gasteiger partial charge in [-0.2, -0.15) is 0 Å². The van der Waals surface area contributed by atoms with Crippen molar-refractivity contribution < 1.29 is 4.79 Å². The zero-order valence-corrected chi connectivity index (χ0v) is 6.09. The van der Waals surface area contributed by atoms with E-state index in [1.54, 1.807) is 6.07 Å². The number of pyridine rings is 1. The number of hydrogen-bond donors (Lipinski definition) is 1. The van der Waals surface area contributed by atoms with Gasteiger partial charge in [0.05, 0.1) is 0 Å². The Balaban J connectivity index is 2.79. The van der Waals surface area contributed by atoms with E-state index in [9.17, 15) is 4.79 Å². The normalized spacial score (nSPS) is 9.18. The average Bonchev–Trinajstić information content (AvgIpc) is 1.85. The molecule has 4 heteroatoms. The van der Waals surface area contributed by atoms with Crippen molar-refractivity contribution in [3.05, 3.63) is 18.3 Å². The van der Waals surface area contributed by atoms with Crippen molar-refractivity contribution in [2.24, 2.45) is 0 Å². The average molecular weight is 150 g/mol. The number of aromatic nitrogens is 1. The van der Waals surface area contributed by atoms with Crippen molar-refractivity contribution in [1.29, 1.82) is 0 Å². The third kappa shape index (κ3) is 2.25. The van der Waals surface area contributed by atoms with Crippen molar-refractivity contribution in [3.8, 4) is 0 Å². The van der Waals surface area contributed by atoms with Gasteiger partial charge in [-0.1, -0.05) is 0 Å². The molecule has 0 aliphatic rings. The highest BCUT2D eigenvalue weighted by Gasteiger charge is 1.94. The lowest BCUT2D eigenvalue weighted by molar-refractivity contribution is -0.114. The van der Waals surface area contributed by atoms with Crippen LogP contribution >= 0.6 is 0 Å². The Morgan fingerprint density at radius 1 is 1.73 bits per heavy atom. The molecule has 0 bridgehead atoms. The Morgan fingerprint density at radius 2 is 2.45 bits per heavy atom. The lowest BCUT2D eigenvalue weighted by atomic mass is 10.4. The van der Waals surface area contributed by atoms with Gasteiger partial charge in [-0.15, -0.1) is 0 Å². The predicted octanol–water partition coefficient (Wildman–Crippen LogP) is 0.954. The first-order valence-corrected chi connectivity index (χ1v) is 3.14. The van der Waals surface area contributed by atoms with Crippen LogP contribution in [-0.4, -0.2) is 10.9 Å². The maximum absolute atomic E-state index is 10.5. The highest BCUT2D eigenvalue weighted by molar-refractivity contribution is 5.88. The van der Waals surface area contributed by atoms with Crippen LogP contribution in [-0.2, 0) is 4.79 Å². The SMILES string of the molecule is CC(=O)Nc1ccnc([NH])c1. The summed E-state index contributed by atoms with van der Waals surface area (Å²) in [5.41, 5.74) is 7.73. The monoisotopic (exact) mass is 150 g/mol. The van der Waals surface area contributed by atoms with E-state index in [0.29, 0.717) is 5.69 Å². The summed E-state index contributed by atoms with van der Waals surface area (Å²) in [6, 6.07) is 3.13. The zero-order valence-electron chi connectivity index (χ0n) is 6.09. The molecule has 1 heterocycles. The van der Waals surface area contributed by atoms with Gasteiger partial charge in [0.15, 0.2) is 0 Å². The summed E-state index contributed by atoms with van der Waals surface area (Å²) in [6.45, 7) is 1.42. The minimum absolute atomic E-state index is 0.143. The molecule has 0 spiro atoms. The van der Waals surface area contributed by atoms with Gasteiger partial charge in [-0.3, -0.25) is 10.5 Å². The molecule has 57 valence electrons. The second-order valence-corrected chi connectivity index (χ2v) is 2.11. The standard InChI is InChI=1S/C7H8N3O/c1-5(11)10-6-2-3-9-7(8)4-6/h2-4,8H,1H3,(H,9,10,11). The minimum Gasteiger partial charge on any atom is -0.326 e. The molecule has 1 amide bonds. The van der Waals surface area contributed by atoms with Crippen molar-refractivity contribution in [2.45, 2.75) is 6.92 Å². The number of anilines is 1. The Kier molecular flexibility index (Phi) is 2.06. The summed E-state index contributed by atoms with van der Waals surface area (Å²) in [6.07, 6.45) is 1.48. The molecule has 0 aliphatic heterocycles. The quantitative estimate of drug-likeness (QED) is 0.647. The molecule has 1 aromatic heterocycles. The first-order chi connectivity index (χ1) is 5.18. The second kappa shape index (κ2) is 3.01. The van der Waals surface area contributed by atoms with Crippen LogP contribution in [0.5, 0.6) is 0 Å². The highest BCUT2D eigenvalue weighted by Crippen LogP contribution is 2.09. The molecular formula is C7H8N3O. The first kappa shape index (κ1) is 7.53. The molecule has 0 fully saturated rings. The summed E-state index contributed by atoms with van der Waals surface area (Å²) < 4.78 is 0. The Morgan fingerprint density at radius 3 is 3.00 bits per heavy atom. The molecule has 4 nitrogen and oxygen atoms in total. The fourth-order valence-corrected chi connectivity index (χ4v) is 0.712. The molecule has 1 aromatic rings. The predicted molar refractivity (Wildman–Crippen MR) is 41.3 cm³/mol. The molecule has 1 radical (unpaired) electrons. The second-order valence-electron chi connectivity index (χ2n) is 2.11. The summed E-state index contributed by atoms with van der Waals surface area (Å²) in [5, 5.41) is 2.55. The number of rotatable bonds is 1. The Hall–Kier alpha value is -1.58. The van der Waals surface area contributed by atoms with E-state index in [2.05, 4.69) is 10.3 Å². The fourth-order valence-electron chi connectivity index (χ4n) is 0.712. The van der Waals surface area contributed by atoms with Gasteiger partial charge < -0.3 is 5.32 Å². The Bertz CT molecular complexity index is 272. The van der Waals surface area contributed by atoms with E-state index in [1.807, 2.05) is 0 Å². The topological polar surface area (TPSA) is 65.8 Å². The first-order valence-electron chi connectivity index (χ1n) is 3.14. The molecule has 11 heavy (non-hydrogen) atoms. The van der Waals surface area contributed by atoms with Gasteiger partial charge in [0.25, 0.3) is 0 Å². The summed E-state index contributed by atoms with van der Waals surface area (Å²) in [5.74, 6) is 0.00634. The summed E-state index contributed by atoms with van der Waals surface area (Å²) >= 11 is 0. The third-order valence-electron chi connectivity index (χ3n) is 1.08. The van der Waals surface area contributed by atoms with E-state index in [4.69, 9.17) is 5.73 Å². The maximum atomic E-state index is 10.5. The molecular weight excluding hydrogens is 142 g/mol. The molecule has 0 atom stereocenters. The molecule has 0 aromatic carbocycles. The van der Waals surface area contributed by atoms with Crippen molar-refractivity contribution in [2.75, 3.05) is 5.32 Å². The third-order valence-corrected chi connectivity index (χ3v) is 1.08. The van der Waals surface area contributed by atoms with Crippen LogP contribution in [0.3, 0.4) is 0 Å². The number of amides is 1. The van der Waals surface area contributed by atoms with Crippen LogP contribution in [0.1, 0.15) is 6.92 Å². The van der Waals surface area contributed by atoms with Crippen molar-refractivity contribution in [1.82, 2.24) is 10.7 Å². The summed E-state index contributed by atoms with van der Waals surface area (Å²) in [7, 11) is 0. The minimum atomic E-state index is -0.143. The van der Waals surface area contributed by atoms with E-state index in [1.165, 1.54) is 19.2 Å². The largest absolute Gasteiger partial charge is 0.326 e. The lowest BCUT2D eigenvalue weighted by Gasteiger charge is -1.99. The van der Waals surface area contributed by atoms with Gasteiger partial charge in [0, 0.05) is 24.9 Å². The Labute approximate surface area is 64.4 Å². The molecule has 0 aliphatic carbocycles. The van der Waals surface area contributed by atoms with Crippen LogP contribution in [0.4, 0.5) is 11.5 Å². The fraction of sp³-hybridized carbons (Fsp3) is 0.143. The van der Waals surface area contributed by atoms with Crippen molar-refractivity contribution >= 4 is 17.4 Å². The van der Waals surface area contributed by atoms with Gasteiger partial charge in [-0.05, 0) is 6.07 Å². The van der Waals surface area contributed by atoms with E-state index < -0.39 is 0 Å². The number of carbonyl (C=O) groups is 1. The number of nitrogens with zero attached hydrogens (tertiary/aromatic N) is 1. The van der Waals surface area contributed by atoms with Crippen LogP contribution in [0.2, 0.25) is 0 Å². The van der Waals surface area contributed by atoms with Gasteiger partial charge in [0.2, 0.25) is 5.91 Å². The molecule has 0 saturated carbocycles.